The summed E-state index contributed by atoms with van der Waals surface area (Å²) in [6, 6.07) is 7.62. The zero-order valence-electron chi connectivity index (χ0n) is 14.7. The molecule has 3 aromatic rings. The van der Waals surface area contributed by atoms with E-state index in [9.17, 15) is 9.59 Å². The molecule has 3 N–H and O–H groups in total. The molecule has 1 aliphatic rings. The average molecular weight is 420 g/mol. The van der Waals surface area contributed by atoms with Crippen LogP contribution in [0.2, 0.25) is 5.02 Å². The van der Waals surface area contributed by atoms with Crippen LogP contribution >= 0.6 is 34.3 Å². The third kappa shape index (κ3) is 3.25. The number of primary amides is 1. The summed E-state index contributed by atoms with van der Waals surface area (Å²) in [6.07, 6.45) is 0.761. The Balaban J connectivity index is 1.69. The van der Waals surface area contributed by atoms with Crippen molar-refractivity contribution in [3.63, 3.8) is 0 Å². The molecule has 2 amide bonds. The fourth-order valence-electron chi connectivity index (χ4n) is 3.39. The van der Waals surface area contributed by atoms with Crippen LogP contribution in [0, 0.1) is 0 Å². The molecule has 27 heavy (non-hydrogen) atoms. The van der Waals surface area contributed by atoms with Crippen molar-refractivity contribution in [2.75, 3.05) is 18.4 Å². The number of nitrogens with one attached hydrogen (secondary N) is 1. The van der Waals surface area contributed by atoms with Crippen molar-refractivity contribution < 1.29 is 9.59 Å². The van der Waals surface area contributed by atoms with Crippen LogP contribution in [0.25, 0.3) is 10.1 Å². The van der Waals surface area contributed by atoms with Gasteiger partial charge in [0, 0.05) is 28.1 Å². The number of fused-ring (bicyclic) bond motifs is 2. The number of anilines is 1. The quantitative estimate of drug-likeness (QED) is 0.660. The first-order valence-electron chi connectivity index (χ1n) is 8.64. The molecular formula is C19H18ClN3O2S2. The number of nitrogens with two attached hydrogens (primary N) is 1. The van der Waals surface area contributed by atoms with Gasteiger partial charge in [0.05, 0.1) is 10.6 Å². The lowest BCUT2D eigenvalue weighted by Crippen LogP contribution is -2.30. The fraction of sp³-hybridized carbons (Fsp3) is 0.263. The topological polar surface area (TPSA) is 75.4 Å². The van der Waals surface area contributed by atoms with Gasteiger partial charge >= 0.3 is 0 Å². The van der Waals surface area contributed by atoms with Gasteiger partial charge in [-0.1, -0.05) is 36.7 Å². The Hall–Kier alpha value is -1.93. The van der Waals surface area contributed by atoms with Crippen molar-refractivity contribution in [3.8, 4) is 0 Å². The van der Waals surface area contributed by atoms with Gasteiger partial charge in [0.15, 0.2) is 0 Å². The predicted molar refractivity (Wildman–Crippen MR) is 112 cm³/mol. The van der Waals surface area contributed by atoms with Crippen molar-refractivity contribution in [1.82, 2.24) is 4.90 Å². The molecule has 4 rings (SSSR count). The highest BCUT2D eigenvalue weighted by Crippen LogP contribution is 2.39. The summed E-state index contributed by atoms with van der Waals surface area (Å²) >= 11 is 9.19. The van der Waals surface area contributed by atoms with Gasteiger partial charge < -0.3 is 11.1 Å². The highest BCUT2D eigenvalue weighted by Gasteiger charge is 2.28. The Morgan fingerprint density at radius 3 is 2.78 bits per heavy atom. The minimum atomic E-state index is -0.504. The first-order valence-corrected chi connectivity index (χ1v) is 10.7. The molecule has 0 spiro atoms. The number of hydrogen-bond donors (Lipinski definition) is 2. The molecule has 2 aromatic heterocycles. The lowest BCUT2D eigenvalue weighted by molar-refractivity contribution is 0.1000. The SMILES string of the molecule is CCN1CCc2c(sc(NC(=O)c3sc4ccccc4c3Cl)c2C(N)=O)C1. The Labute approximate surface area is 169 Å². The number of benzene rings is 1. The van der Waals surface area contributed by atoms with Crippen LogP contribution in [-0.4, -0.2) is 29.8 Å². The summed E-state index contributed by atoms with van der Waals surface area (Å²) in [5.74, 6) is -0.815. The highest BCUT2D eigenvalue weighted by atomic mass is 35.5. The number of thiophene rings is 2. The number of nitrogens with zero attached hydrogens (tertiary/aromatic N) is 1. The van der Waals surface area contributed by atoms with E-state index in [1.165, 1.54) is 22.7 Å². The molecule has 0 saturated heterocycles. The van der Waals surface area contributed by atoms with E-state index in [2.05, 4.69) is 17.1 Å². The molecule has 140 valence electrons. The monoisotopic (exact) mass is 419 g/mol. The Kier molecular flexibility index (Phi) is 4.94. The second-order valence-corrected chi connectivity index (χ2v) is 8.92. The van der Waals surface area contributed by atoms with E-state index in [0.29, 0.717) is 20.5 Å². The smallest absolute Gasteiger partial charge is 0.267 e. The number of carbonyl (C=O) groups is 2. The summed E-state index contributed by atoms with van der Waals surface area (Å²) in [7, 11) is 0. The van der Waals surface area contributed by atoms with E-state index in [4.69, 9.17) is 17.3 Å². The van der Waals surface area contributed by atoms with Gasteiger partial charge in [-0.2, -0.15) is 0 Å². The number of halogens is 1. The highest BCUT2D eigenvalue weighted by molar-refractivity contribution is 7.22. The molecule has 3 heterocycles. The van der Waals surface area contributed by atoms with Crippen molar-refractivity contribution >= 4 is 61.2 Å². The van der Waals surface area contributed by atoms with E-state index >= 15 is 0 Å². The first-order chi connectivity index (χ1) is 13.0. The Morgan fingerprint density at radius 2 is 2.07 bits per heavy atom. The largest absolute Gasteiger partial charge is 0.365 e. The van der Waals surface area contributed by atoms with Gasteiger partial charge in [0.2, 0.25) is 0 Å². The maximum absolute atomic E-state index is 12.9. The molecule has 0 aliphatic carbocycles. The van der Waals surface area contributed by atoms with Gasteiger partial charge in [-0.3, -0.25) is 14.5 Å². The lowest BCUT2D eigenvalue weighted by Gasteiger charge is -2.25. The Bertz CT molecular complexity index is 1060. The van der Waals surface area contributed by atoms with Crippen molar-refractivity contribution in [3.05, 3.63) is 50.2 Å². The van der Waals surface area contributed by atoms with E-state index in [1.54, 1.807) is 0 Å². The van der Waals surface area contributed by atoms with Gasteiger partial charge in [0.1, 0.15) is 9.88 Å². The van der Waals surface area contributed by atoms with Crippen LogP contribution in [0.4, 0.5) is 5.00 Å². The molecule has 0 bridgehead atoms. The molecule has 1 aromatic carbocycles. The number of likely N-dealkylation sites (N-methyl/N-ethyl adjacent to an activating group) is 1. The zero-order chi connectivity index (χ0) is 19.1. The maximum Gasteiger partial charge on any atom is 0.267 e. The van der Waals surface area contributed by atoms with Gasteiger partial charge in [-0.25, -0.2) is 0 Å². The second kappa shape index (κ2) is 7.24. The number of carbonyl (C=O) groups excluding carboxylic acids is 2. The summed E-state index contributed by atoms with van der Waals surface area (Å²) in [5.41, 5.74) is 7.04. The lowest BCUT2D eigenvalue weighted by atomic mass is 10.0. The first kappa shape index (κ1) is 18.4. The molecule has 0 radical (unpaired) electrons. The Morgan fingerprint density at radius 1 is 1.30 bits per heavy atom. The van der Waals surface area contributed by atoms with Gasteiger partial charge in [-0.05, 0) is 24.6 Å². The molecule has 5 nitrogen and oxygen atoms in total. The molecule has 0 fully saturated rings. The van der Waals surface area contributed by atoms with E-state index in [0.717, 1.165) is 46.6 Å². The minimum Gasteiger partial charge on any atom is -0.365 e. The van der Waals surface area contributed by atoms with E-state index in [1.807, 2.05) is 24.3 Å². The van der Waals surface area contributed by atoms with Gasteiger partial charge in [-0.15, -0.1) is 22.7 Å². The molecule has 0 saturated carbocycles. The molecule has 0 atom stereocenters. The number of amides is 2. The molecular weight excluding hydrogens is 402 g/mol. The normalized spacial score (nSPS) is 14.3. The molecule has 1 aliphatic heterocycles. The predicted octanol–water partition coefficient (Wildman–Crippen LogP) is 4.35. The van der Waals surface area contributed by atoms with Crippen LogP contribution in [0.5, 0.6) is 0 Å². The molecule has 0 unspecified atom stereocenters. The maximum atomic E-state index is 12.9. The van der Waals surface area contributed by atoms with Crippen molar-refractivity contribution in [2.24, 2.45) is 5.73 Å². The van der Waals surface area contributed by atoms with Crippen LogP contribution in [0.3, 0.4) is 0 Å². The van der Waals surface area contributed by atoms with E-state index in [-0.39, 0.29) is 5.91 Å². The number of rotatable bonds is 4. The third-order valence-electron chi connectivity index (χ3n) is 4.80. The van der Waals surface area contributed by atoms with E-state index < -0.39 is 5.91 Å². The second-order valence-electron chi connectivity index (χ2n) is 6.39. The summed E-state index contributed by atoms with van der Waals surface area (Å²) in [5, 5.41) is 4.70. The average Bonchev–Trinajstić information content (AvgIpc) is 3.18. The van der Waals surface area contributed by atoms with Crippen molar-refractivity contribution in [1.29, 1.82) is 0 Å². The summed E-state index contributed by atoms with van der Waals surface area (Å²) in [6.45, 7) is 4.72. The summed E-state index contributed by atoms with van der Waals surface area (Å²) < 4.78 is 0.951. The zero-order valence-corrected chi connectivity index (χ0v) is 17.1. The summed E-state index contributed by atoms with van der Waals surface area (Å²) in [4.78, 5) is 28.8. The molecule has 8 heteroatoms. The third-order valence-corrected chi connectivity index (χ3v) is 7.60. The number of hydrogen-bond acceptors (Lipinski definition) is 5. The van der Waals surface area contributed by atoms with Crippen LogP contribution in [-0.2, 0) is 13.0 Å². The fourth-order valence-corrected chi connectivity index (χ4v) is 6.10. The van der Waals surface area contributed by atoms with Crippen LogP contribution in [0.1, 0.15) is 37.4 Å². The standard InChI is InChI=1S/C19H18ClN3O2S2/c1-2-23-8-7-10-13(9-23)27-19(14(10)17(21)24)22-18(25)16-15(20)11-5-3-4-6-12(11)26-16/h3-6H,2,7-9H2,1H3,(H2,21,24)(H,22,25). The van der Waals surface area contributed by atoms with Crippen LogP contribution < -0.4 is 11.1 Å². The van der Waals surface area contributed by atoms with Gasteiger partial charge in [0.25, 0.3) is 11.8 Å². The minimum absolute atomic E-state index is 0.311. The van der Waals surface area contributed by atoms with Crippen LogP contribution in [0.15, 0.2) is 24.3 Å². The van der Waals surface area contributed by atoms with Crippen molar-refractivity contribution in [2.45, 2.75) is 19.9 Å².